The highest BCUT2D eigenvalue weighted by molar-refractivity contribution is 6.18. The van der Waals surface area contributed by atoms with Crippen molar-refractivity contribution in [3.05, 3.63) is 89.0 Å². The van der Waals surface area contributed by atoms with Gasteiger partial charge in [0.05, 0.1) is 17.5 Å². The molecule has 9 heteroatoms. The predicted molar refractivity (Wildman–Crippen MR) is 156 cm³/mol. The Morgan fingerprint density at radius 2 is 1.88 bits per heavy atom. The van der Waals surface area contributed by atoms with Crippen LogP contribution in [0, 0.1) is 5.92 Å². The topological polar surface area (TPSA) is 127 Å². The molecule has 1 aliphatic heterocycles. The molecule has 0 radical (unpaired) electrons. The van der Waals surface area contributed by atoms with E-state index < -0.39 is 6.09 Å². The molecule has 2 fully saturated rings. The lowest BCUT2D eigenvalue weighted by Gasteiger charge is -2.35. The van der Waals surface area contributed by atoms with Gasteiger partial charge in [-0.1, -0.05) is 48.5 Å². The molecule has 9 nitrogen and oxygen atoms in total. The van der Waals surface area contributed by atoms with E-state index >= 15 is 0 Å². The van der Waals surface area contributed by atoms with Gasteiger partial charge in [-0.05, 0) is 66.5 Å². The van der Waals surface area contributed by atoms with Crippen molar-refractivity contribution in [3.63, 3.8) is 0 Å². The van der Waals surface area contributed by atoms with E-state index in [4.69, 9.17) is 0 Å². The summed E-state index contributed by atoms with van der Waals surface area (Å²) >= 11 is 0. The van der Waals surface area contributed by atoms with Crippen LogP contribution < -0.4 is 10.7 Å². The maximum absolute atomic E-state index is 13.1. The fourth-order valence-electron chi connectivity index (χ4n) is 6.04. The molecule has 0 saturated heterocycles. The standard InChI is InChI=1S/C32H29N5O4/c38-30(24-15-23(24)19-7-2-1-3-8-19)34-21-13-25-28-26(16-33-36-31(25)39)29(35-27(28)14-21)20-9-4-6-18(12-20)17-37(32(40)41)22-10-5-11-22/h1-4,6-9,12-14,16,22-24,35H,5,10-11,15,17H2,(H,34,38)(H,36,39)(H,40,41). The largest absolute Gasteiger partial charge is 0.465 e. The third-order valence-electron chi connectivity index (χ3n) is 8.49. The zero-order valence-corrected chi connectivity index (χ0v) is 22.3. The molecule has 0 spiro atoms. The van der Waals surface area contributed by atoms with Gasteiger partial charge in [-0.3, -0.25) is 9.59 Å². The van der Waals surface area contributed by atoms with E-state index in [2.05, 4.69) is 20.8 Å². The van der Waals surface area contributed by atoms with Crippen molar-refractivity contribution in [1.29, 1.82) is 0 Å². The smallest absolute Gasteiger partial charge is 0.407 e. The van der Waals surface area contributed by atoms with Crippen molar-refractivity contribution in [3.8, 4) is 11.3 Å². The first kappa shape index (κ1) is 25.1. The van der Waals surface area contributed by atoms with Crippen LogP contribution in [0.25, 0.3) is 22.2 Å². The quantitative estimate of drug-likeness (QED) is 0.237. The molecule has 2 atom stereocenters. The number of rotatable bonds is 7. The number of hydrazone groups is 1. The molecule has 2 heterocycles. The van der Waals surface area contributed by atoms with E-state index in [1.165, 1.54) is 4.90 Å². The molecule has 1 aromatic heterocycles. The number of carboxylic acid groups (broad SMARTS) is 1. The molecule has 41 heavy (non-hydrogen) atoms. The fraction of sp³-hybridized carbons (Fsp3) is 0.250. The molecule has 4 aromatic rings. The second-order valence-electron chi connectivity index (χ2n) is 11.1. The second-order valence-corrected chi connectivity index (χ2v) is 11.1. The van der Waals surface area contributed by atoms with Crippen molar-refractivity contribution < 1.29 is 19.5 Å². The minimum atomic E-state index is -0.908. The second kappa shape index (κ2) is 9.92. The average Bonchev–Trinajstić information content (AvgIpc) is 3.69. The Labute approximate surface area is 236 Å². The van der Waals surface area contributed by atoms with Gasteiger partial charge in [0.15, 0.2) is 0 Å². The van der Waals surface area contributed by atoms with Crippen molar-refractivity contribution in [2.75, 3.05) is 5.32 Å². The number of hydrogen-bond acceptors (Lipinski definition) is 4. The highest BCUT2D eigenvalue weighted by atomic mass is 16.4. The molecular formula is C32H29N5O4. The number of nitrogens with one attached hydrogen (secondary N) is 3. The zero-order valence-electron chi connectivity index (χ0n) is 22.3. The monoisotopic (exact) mass is 547 g/mol. The van der Waals surface area contributed by atoms with Crippen molar-refractivity contribution in [2.45, 2.75) is 44.2 Å². The van der Waals surface area contributed by atoms with Crippen LogP contribution in [0.1, 0.15) is 58.6 Å². The summed E-state index contributed by atoms with van der Waals surface area (Å²) in [7, 11) is 0. The SMILES string of the molecule is O=C1NN=Cc2c(-c3cccc(CN(C(=O)O)C4CCC4)c3)[nH]c3cc(NC(=O)C4CC4c4ccccc4)cc1c23. The molecule has 7 rings (SSSR count). The molecular weight excluding hydrogens is 518 g/mol. The zero-order chi connectivity index (χ0) is 28.1. The number of aromatic nitrogens is 1. The van der Waals surface area contributed by atoms with Crippen LogP contribution in [0.15, 0.2) is 71.8 Å². The van der Waals surface area contributed by atoms with Gasteiger partial charge < -0.3 is 20.3 Å². The highest BCUT2D eigenvalue weighted by Gasteiger charge is 2.44. The van der Waals surface area contributed by atoms with Gasteiger partial charge in [-0.15, -0.1) is 0 Å². The van der Waals surface area contributed by atoms with E-state index in [0.29, 0.717) is 23.3 Å². The van der Waals surface area contributed by atoms with Gasteiger partial charge in [-0.2, -0.15) is 5.10 Å². The van der Waals surface area contributed by atoms with Crippen molar-refractivity contribution >= 4 is 40.7 Å². The van der Waals surface area contributed by atoms with Gasteiger partial charge >= 0.3 is 6.09 Å². The number of benzene rings is 3. The fourth-order valence-corrected chi connectivity index (χ4v) is 6.04. The lowest BCUT2D eigenvalue weighted by atomic mass is 9.91. The predicted octanol–water partition coefficient (Wildman–Crippen LogP) is 5.69. The molecule has 2 unspecified atom stereocenters. The molecule has 4 N–H and O–H groups in total. The van der Waals surface area contributed by atoms with E-state index in [1.807, 2.05) is 60.7 Å². The van der Waals surface area contributed by atoms with Gasteiger partial charge in [0.2, 0.25) is 5.91 Å². The first-order chi connectivity index (χ1) is 20.0. The normalized spacial score (nSPS) is 19.3. The number of H-pyrrole nitrogens is 1. The van der Waals surface area contributed by atoms with Crippen molar-refractivity contribution in [1.82, 2.24) is 15.3 Å². The van der Waals surface area contributed by atoms with Gasteiger partial charge in [0.1, 0.15) is 0 Å². The van der Waals surface area contributed by atoms with Crippen LogP contribution in [0.5, 0.6) is 0 Å². The highest BCUT2D eigenvalue weighted by Crippen LogP contribution is 2.48. The van der Waals surface area contributed by atoms with E-state index in [0.717, 1.165) is 59.0 Å². The first-order valence-electron chi connectivity index (χ1n) is 13.9. The number of amides is 3. The van der Waals surface area contributed by atoms with Gasteiger partial charge in [-0.25, -0.2) is 10.2 Å². The molecule has 2 aliphatic carbocycles. The Morgan fingerprint density at radius 3 is 2.63 bits per heavy atom. The summed E-state index contributed by atoms with van der Waals surface area (Å²) in [6, 6.07) is 21.4. The minimum absolute atomic E-state index is 0.0629. The molecule has 206 valence electrons. The summed E-state index contributed by atoms with van der Waals surface area (Å²) in [6.45, 7) is 0.310. The molecule has 3 amide bonds. The van der Waals surface area contributed by atoms with Crippen LogP contribution in [0.2, 0.25) is 0 Å². The summed E-state index contributed by atoms with van der Waals surface area (Å²) in [4.78, 5) is 43.0. The summed E-state index contributed by atoms with van der Waals surface area (Å²) in [5.74, 6) is -0.320. The Hall–Kier alpha value is -4.92. The Morgan fingerprint density at radius 1 is 1.05 bits per heavy atom. The van der Waals surface area contributed by atoms with Crippen LogP contribution in [-0.4, -0.2) is 45.2 Å². The number of carbonyl (C=O) groups is 3. The van der Waals surface area contributed by atoms with Gasteiger partial charge in [0, 0.05) is 40.7 Å². The van der Waals surface area contributed by atoms with Crippen LogP contribution in [-0.2, 0) is 11.3 Å². The average molecular weight is 548 g/mol. The Kier molecular flexibility index (Phi) is 6.07. The lowest BCUT2D eigenvalue weighted by Crippen LogP contribution is -2.42. The Balaban J connectivity index is 1.20. The third kappa shape index (κ3) is 4.63. The van der Waals surface area contributed by atoms with Crippen LogP contribution in [0.4, 0.5) is 10.5 Å². The molecule has 3 aliphatic rings. The third-order valence-corrected chi connectivity index (χ3v) is 8.49. The maximum atomic E-state index is 13.1. The summed E-state index contributed by atoms with van der Waals surface area (Å²) in [5, 5.41) is 17.6. The number of aromatic amines is 1. The summed E-state index contributed by atoms with van der Waals surface area (Å²) in [6.07, 6.45) is 4.36. The van der Waals surface area contributed by atoms with Gasteiger partial charge in [0.25, 0.3) is 5.91 Å². The van der Waals surface area contributed by atoms with Crippen LogP contribution in [0.3, 0.4) is 0 Å². The molecule has 0 bridgehead atoms. The number of anilines is 1. The molecule has 3 aromatic carbocycles. The maximum Gasteiger partial charge on any atom is 0.407 e. The number of hydrogen-bond donors (Lipinski definition) is 4. The van der Waals surface area contributed by atoms with Crippen LogP contribution >= 0.6 is 0 Å². The first-order valence-corrected chi connectivity index (χ1v) is 13.9. The molecule has 2 saturated carbocycles. The minimum Gasteiger partial charge on any atom is -0.465 e. The van der Waals surface area contributed by atoms with E-state index in [-0.39, 0.29) is 29.7 Å². The van der Waals surface area contributed by atoms with Crippen molar-refractivity contribution in [2.24, 2.45) is 11.0 Å². The Bertz CT molecular complexity index is 1720. The van der Waals surface area contributed by atoms with E-state index in [9.17, 15) is 19.5 Å². The summed E-state index contributed by atoms with van der Waals surface area (Å²) in [5.41, 5.74) is 8.65. The number of nitrogens with zero attached hydrogens (tertiary/aromatic N) is 2. The van der Waals surface area contributed by atoms with E-state index in [1.54, 1.807) is 12.3 Å². The summed E-state index contributed by atoms with van der Waals surface area (Å²) < 4.78 is 0. The lowest BCUT2D eigenvalue weighted by molar-refractivity contribution is -0.117. The number of carbonyl (C=O) groups excluding carboxylic acids is 2.